The first kappa shape index (κ1) is 16.7. The van der Waals surface area contributed by atoms with E-state index in [9.17, 15) is 4.79 Å². The van der Waals surface area contributed by atoms with E-state index in [1.165, 1.54) is 6.08 Å². The van der Waals surface area contributed by atoms with Gasteiger partial charge in [0.15, 0.2) is 11.5 Å². The molecule has 0 fully saturated rings. The Labute approximate surface area is 150 Å². The van der Waals surface area contributed by atoms with Crippen LogP contribution in [0.3, 0.4) is 0 Å². The number of anilines is 1. The van der Waals surface area contributed by atoms with Crippen molar-refractivity contribution in [2.75, 3.05) is 18.5 Å². The number of fused-ring (bicyclic) bond motifs is 1. The molecule has 1 amide bonds. The van der Waals surface area contributed by atoms with Gasteiger partial charge in [0.1, 0.15) is 0 Å². The zero-order valence-electron chi connectivity index (χ0n) is 12.7. The molecule has 0 aliphatic carbocycles. The Morgan fingerprint density at radius 3 is 2.58 bits per heavy atom. The quantitative estimate of drug-likeness (QED) is 0.796. The van der Waals surface area contributed by atoms with E-state index in [0.29, 0.717) is 34.7 Å². The monoisotopic (exact) mass is 363 g/mol. The number of nitrogens with one attached hydrogen (secondary N) is 1. The highest BCUT2D eigenvalue weighted by atomic mass is 35.5. The summed E-state index contributed by atoms with van der Waals surface area (Å²) in [5.41, 5.74) is 1.43. The molecule has 0 radical (unpaired) electrons. The van der Waals surface area contributed by atoms with Gasteiger partial charge < -0.3 is 14.8 Å². The number of carbonyl (C=O) groups excluding carboxylic acids is 1. The lowest BCUT2D eigenvalue weighted by Gasteiger charge is -2.07. The van der Waals surface area contributed by atoms with Gasteiger partial charge in [0.25, 0.3) is 0 Å². The second-order valence-electron chi connectivity index (χ2n) is 5.21. The van der Waals surface area contributed by atoms with Crippen molar-refractivity contribution in [3.8, 4) is 11.5 Å². The average molecular weight is 364 g/mol. The van der Waals surface area contributed by atoms with Crippen molar-refractivity contribution in [1.82, 2.24) is 0 Å². The van der Waals surface area contributed by atoms with Gasteiger partial charge in [-0.15, -0.1) is 0 Å². The molecule has 0 bridgehead atoms. The second kappa shape index (κ2) is 7.60. The van der Waals surface area contributed by atoms with Gasteiger partial charge in [-0.05, 0) is 42.0 Å². The SMILES string of the molecule is O=C(/C=C/c1ccc2c(c1)OCCCO2)Nc1ccc(Cl)c(Cl)c1. The molecule has 1 aliphatic heterocycles. The van der Waals surface area contributed by atoms with E-state index in [0.717, 1.165) is 17.7 Å². The van der Waals surface area contributed by atoms with Crippen molar-refractivity contribution < 1.29 is 14.3 Å². The van der Waals surface area contributed by atoms with Gasteiger partial charge in [-0.3, -0.25) is 4.79 Å². The molecule has 1 heterocycles. The molecule has 0 atom stereocenters. The summed E-state index contributed by atoms with van der Waals surface area (Å²) in [6.07, 6.45) is 4.01. The smallest absolute Gasteiger partial charge is 0.248 e. The number of ether oxygens (including phenoxy) is 2. The molecule has 24 heavy (non-hydrogen) atoms. The van der Waals surface area contributed by atoms with Gasteiger partial charge in [0.05, 0.1) is 23.3 Å². The van der Waals surface area contributed by atoms with E-state index in [-0.39, 0.29) is 5.91 Å². The van der Waals surface area contributed by atoms with Crippen LogP contribution in [0.25, 0.3) is 6.08 Å². The molecule has 1 N–H and O–H groups in total. The predicted octanol–water partition coefficient (Wildman–Crippen LogP) is 4.81. The van der Waals surface area contributed by atoms with Crippen LogP contribution in [-0.2, 0) is 4.79 Å². The second-order valence-corrected chi connectivity index (χ2v) is 6.02. The summed E-state index contributed by atoms with van der Waals surface area (Å²) in [6, 6.07) is 10.5. The summed E-state index contributed by atoms with van der Waals surface area (Å²) in [5, 5.41) is 3.56. The molecular weight excluding hydrogens is 349 g/mol. The predicted molar refractivity (Wildman–Crippen MR) is 96.2 cm³/mol. The zero-order chi connectivity index (χ0) is 16.9. The van der Waals surface area contributed by atoms with Gasteiger partial charge in [-0.2, -0.15) is 0 Å². The number of carbonyl (C=O) groups is 1. The van der Waals surface area contributed by atoms with E-state index in [2.05, 4.69) is 5.32 Å². The highest BCUT2D eigenvalue weighted by Crippen LogP contribution is 2.30. The maximum atomic E-state index is 12.0. The molecule has 124 valence electrons. The van der Waals surface area contributed by atoms with Gasteiger partial charge in [0, 0.05) is 18.2 Å². The molecule has 2 aromatic carbocycles. The van der Waals surface area contributed by atoms with Crippen molar-refractivity contribution in [3.05, 3.63) is 58.1 Å². The number of hydrogen-bond acceptors (Lipinski definition) is 3. The molecule has 6 heteroatoms. The van der Waals surface area contributed by atoms with Crippen LogP contribution in [0.5, 0.6) is 11.5 Å². The van der Waals surface area contributed by atoms with Crippen LogP contribution >= 0.6 is 23.2 Å². The first-order valence-corrected chi connectivity index (χ1v) is 8.21. The van der Waals surface area contributed by atoms with Gasteiger partial charge in [-0.25, -0.2) is 0 Å². The van der Waals surface area contributed by atoms with Crippen LogP contribution < -0.4 is 14.8 Å². The van der Waals surface area contributed by atoms with Crippen molar-refractivity contribution in [1.29, 1.82) is 0 Å². The number of hydrogen-bond donors (Lipinski definition) is 1. The van der Waals surface area contributed by atoms with Gasteiger partial charge in [-0.1, -0.05) is 29.3 Å². The third kappa shape index (κ3) is 4.22. The fraction of sp³-hybridized carbons (Fsp3) is 0.167. The standard InChI is InChI=1S/C18H15Cl2NO3/c19-14-5-4-13(11-15(14)20)21-18(22)7-3-12-2-6-16-17(10-12)24-9-1-8-23-16/h2-7,10-11H,1,8-9H2,(H,21,22)/b7-3+. The topological polar surface area (TPSA) is 47.6 Å². The van der Waals surface area contributed by atoms with Crippen LogP contribution in [-0.4, -0.2) is 19.1 Å². The Bertz CT molecular complexity index is 790. The summed E-state index contributed by atoms with van der Waals surface area (Å²) >= 11 is 11.8. The third-order valence-electron chi connectivity index (χ3n) is 3.39. The van der Waals surface area contributed by atoms with Crippen molar-refractivity contribution in [2.45, 2.75) is 6.42 Å². The molecule has 3 rings (SSSR count). The number of amides is 1. The average Bonchev–Trinajstić information content (AvgIpc) is 2.81. The summed E-state index contributed by atoms with van der Waals surface area (Å²) in [7, 11) is 0. The fourth-order valence-corrected chi connectivity index (χ4v) is 2.51. The van der Waals surface area contributed by atoms with Crippen LogP contribution in [0.4, 0.5) is 5.69 Å². The van der Waals surface area contributed by atoms with E-state index in [1.54, 1.807) is 24.3 Å². The summed E-state index contributed by atoms with van der Waals surface area (Å²) in [6.45, 7) is 1.27. The van der Waals surface area contributed by atoms with Crippen molar-refractivity contribution in [2.24, 2.45) is 0 Å². The maximum absolute atomic E-state index is 12.0. The summed E-state index contributed by atoms with van der Waals surface area (Å²) < 4.78 is 11.2. The van der Waals surface area contributed by atoms with Crippen molar-refractivity contribution in [3.63, 3.8) is 0 Å². The minimum atomic E-state index is -0.263. The number of rotatable bonds is 3. The zero-order valence-corrected chi connectivity index (χ0v) is 14.2. The fourth-order valence-electron chi connectivity index (χ4n) is 2.21. The van der Waals surface area contributed by atoms with E-state index >= 15 is 0 Å². The molecular formula is C18H15Cl2NO3. The molecule has 0 unspecified atom stereocenters. The summed E-state index contributed by atoms with van der Waals surface area (Å²) in [4.78, 5) is 12.0. The molecule has 2 aromatic rings. The van der Waals surface area contributed by atoms with E-state index in [1.807, 2.05) is 18.2 Å². The largest absolute Gasteiger partial charge is 0.490 e. The van der Waals surface area contributed by atoms with E-state index in [4.69, 9.17) is 32.7 Å². The molecule has 0 spiro atoms. The lowest BCUT2D eigenvalue weighted by molar-refractivity contribution is -0.111. The Morgan fingerprint density at radius 2 is 1.79 bits per heavy atom. The molecule has 1 aliphatic rings. The normalized spacial score (nSPS) is 13.6. The van der Waals surface area contributed by atoms with Gasteiger partial charge >= 0.3 is 0 Å². The van der Waals surface area contributed by atoms with E-state index < -0.39 is 0 Å². The highest BCUT2D eigenvalue weighted by Gasteiger charge is 2.10. The maximum Gasteiger partial charge on any atom is 0.248 e. The number of halogens is 2. The van der Waals surface area contributed by atoms with Crippen LogP contribution in [0.15, 0.2) is 42.5 Å². The Hall–Kier alpha value is -2.17. The first-order valence-electron chi connectivity index (χ1n) is 7.45. The molecule has 0 saturated heterocycles. The third-order valence-corrected chi connectivity index (χ3v) is 4.12. The van der Waals surface area contributed by atoms with Crippen molar-refractivity contribution >= 4 is 40.9 Å². The highest BCUT2D eigenvalue weighted by molar-refractivity contribution is 6.42. The molecule has 4 nitrogen and oxygen atoms in total. The van der Waals surface area contributed by atoms with Crippen LogP contribution in [0.2, 0.25) is 10.0 Å². The Kier molecular flexibility index (Phi) is 5.28. The minimum Gasteiger partial charge on any atom is -0.490 e. The van der Waals surface area contributed by atoms with Crippen LogP contribution in [0, 0.1) is 0 Å². The molecule has 0 aromatic heterocycles. The number of benzene rings is 2. The van der Waals surface area contributed by atoms with Gasteiger partial charge in [0.2, 0.25) is 5.91 Å². The summed E-state index contributed by atoms with van der Waals surface area (Å²) in [5.74, 6) is 1.16. The molecule has 0 saturated carbocycles. The lowest BCUT2D eigenvalue weighted by Crippen LogP contribution is -2.07. The Balaban J connectivity index is 1.67. The lowest BCUT2D eigenvalue weighted by atomic mass is 10.2. The minimum absolute atomic E-state index is 0.263. The first-order chi connectivity index (χ1) is 11.6. The van der Waals surface area contributed by atoms with Crippen LogP contribution in [0.1, 0.15) is 12.0 Å². The Morgan fingerprint density at radius 1 is 1.00 bits per heavy atom.